The van der Waals surface area contributed by atoms with Crippen LogP contribution in [-0.4, -0.2) is 76.6 Å². The van der Waals surface area contributed by atoms with Crippen LogP contribution < -0.4 is 10.6 Å². The molecule has 6 nitrogen and oxygen atoms in total. The van der Waals surface area contributed by atoms with Crippen molar-refractivity contribution < 1.29 is 9.47 Å². The minimum Gasteiger partial charge on any atom is -0.381 e. The maximum absolute atomic E-state index is 5.82. The van der Waals surface area contributed by atoms with Gasteiger partial charge in [-0.25, -0.2) is 0 Å². The number of aliphatic imine (C=N–C) groups is 1. The molecule has 0 aliphatic carbocycles. The third kappa shape index (κ3) is 8.38. The summed E-state index contributed by atoms with van der Waals surface area (Å²) in [5.74, 6) is 2.34. The van der Waals surface area contributed by atoms with Crippen LogP contribution in [0.4, 0.5) is 0 Å². The predicted molar refractivity (Wildman–Crippen MR) is 103 cm³/mol. The number of nitrogens with zero attached hydrogens (tertiary/aromatic N) is 2. The van der Waals surface area contributed by atoms with Crippen molar-refractivity contribution in [2.75, 3.05) is 65.7 Å². The first-order chi connectivity index (χ1) is 12.3. The highest BCUT2D eigenvalue weighted by molar-refractivity contribution is 5.79. The zero-order valence-corrected chi connectivity index (χ0v) is 16.3. The van der Waals surface area contributed by atoms with Crippen LogP contribution >= 0.6 is 0 Å². The second kappa shape index (κ2) is 12.5. The Morgan fingerprint density at radius 1 is 1.16 bits per heavy atom. The van der Waals surface area contributed by atoms with E-state index in [4.69, 9.17) is 14.5 Å². The molecular formula is C19H38N4O2. The monoisotopic (exact) mass is 354 g/mol. The lowest BCUT2D eigenvalue weighted by Crippen LogP contribution is -2.38. The van der Waals surface area contributed by atoms with E-state index < -0.39 is 0 Å². The molecule has 0 aromatic carbocycles. The smallest absolute Gasteiger partial charge is 0.191 e. The summed E-state index contributed by atoms with van der Waals surface area (Å²) in [4.78, 5) is 7.28. The topological polar surface area (TPSA) is 58.1 Å². The van der Waals surface area contributed by atoms with Crippen LogP contribution in [0.1, 0.15) is 39.5 Å². The average molecular weight is 355 g/mol. The molecule has 0 aromatic rings. The van der Waals surface area contributed by atoms with Gasteiger partial charge in [-0.3, -0.25) is 4.99 Å². The fraction of sp³-hybridized carbons (Fsp3) is 0.947. The second-order valence-corrected chi connectivity index (χ2v) is 7.18. The molecule has 0 radical (unpaired) electrons. The van der Waals surface area contributed by atoms with Crippen LogP contribution in [0.15, 0.2) is 4.99 Å². The van der Waals surface area contributed by atoms with E-state index in [0.717, 1.165) is 77.8 Å². The summed E-state index contributed by atoms with van der Waals surface area (Å²) in [6.07, 6.45) is 4.58. The van der Waals surface area contributed by atoms with E-state index in [2.05, 4.69) is 29.4 Å². The quantitative estimate of drug-likeness (QED) is 0.355. The minimum atomic E-state index is 0.690. The molecule has 0 spiro atoms. The van der Waals surface area contributed by atoms with Gasteiger partial charge in [0.25, 0.3) is 0 Å². The van der Waals surface area contributed by atoms with E-state index in [1.807, 2.05) is 0 Å². The van der Waals surface area contributed by atoms with E-state index in [1.165, 1.54) is 19.5 Å². The predicted octanol–water partition coefficient (Wildman–Crippen LogP) is 1.72. The number of hydrogen-bond donors (Lipinski definition) is 2. The molecule has 2 rings (SSSR count). The van der Waals surface area contributed by atoms with Crippen molar-refractivity contribution in [2.45, 2.75) is 39.5 Å². The molecule has 146 valence electrons. The molecule has 0 amide bonds. The van der Waals surface area contributed by atoms with Crippen molar-refractivity contribution in [1.29, 1.82) is 0 Å². The largest absolute Gasteiger partial charge is 0.381 e. The van der Waals surface area contributed by atoms with Gasteiger partial charge in [-0.1, -0.05) is 6.92 Å². The molecule has 2 saturated heterocycles. The molecule has 0 bridgehead atoms. The molecule has 2 aliphatic rings. The number of nitrogens with one attached hydrogen (secondary N) is 2. The van der Waals surface area contributed by atoms with Gasteiger partial charge in [0.05, 0.1) is 0 Å². The summed E-state index contributed by atoms with van der Waals surface area (Å²) in [5.41, 5.74) is 0. The highest BCUT2D eigenvalue weighted by atomic mass is 16.5. The van der Waals surface area contributed by atoms with Crippen molar-refractivity contribution in [2.24, 2.45) is 16.8 Å². The summed E-state index contributed by atoms with van der Waals surface area (Å²) in [7, 11) is 0. The highest BCUT2D eigenvalue weighted by Gasteiger charge is 2.20. The van der Waals surface area contributed by atoms with Gasteiger partial charge in [0.2, 0.25) is 0 Å². The molecule has 25 heavy (non-hydrogen) atoms. The molecule has 2 aliphatic heterocycles. The number of guanidine groups is 1. The molecule has 2 fully saturated rings. The van der Waals surface area contributed by atoms with Gasteiger partial charge in [-0.05, 0) is 57.5 Å². The lowest BCUT2D eigenvalue weighted by molar-refractivity contribution is 0.0203. The van der Waals surface area contributed by atoms with E-state index in [-0.39, 0.29) is 0 Å². The van der Waals surface area contributed by atoms with Crippen LogP contribution in [0.5, 0.6) is 0 Å². The van der Waals surface area contributed by atoms with E-state index >= 15 is 0 Å². The Kier molecular flexibility index (Phi) is 10.2. The zero-order valence-electron chi connectivity index (χ0n) is 16.3. The van der Waals surface area contributed by atoms with Crippen LogP contribution in [0.25, 0.3) is 0 Å². The van der Waals surface area contributed by atoms with Crippen LogP contribution in [-0.2, 0) is 9.47 Å². The molecule has 2 heterocycles. The standard InChI is InChI=1S/C19H38N4O2/c1-3-20-19(22-14-18-6-10-23(4-2)15-18)21-9-5-11-25-16-17-7-12-24-13-8-17/h17-18H,3-16H2,1-2H3,(H2,20,21,22). The number of hydrogen-bond acceptors (Lipinski definition) is 4. The van der Waals surface area contributed by atoms with E-state index in [9.17, 15) is 0 Å². The Bertz CT molecular complexity index is 372. The molecular weight excluding hydrogens is 316 g/mol. The van der Waals surface area contributed by atoms with Gasteiger partial charge < -0.3 is 25.0 Å². The summed E-state index contributed by atoms with van der Waals surface area (Å²) in [5, 5.41) is 6.78. The highest BCUT2D eigenvalue weighted by Crippen LogP contribution is 2.16. The molecule has 1 atom stereocenters. The summed E-state index contributed by atoms with van der Waals surface area (Å²) >= 11 is 0. The Balaban J connectivity index is 1.54. The van der Waals surface area contributed by atoms with Crippen molar-refractivity contribution in [1.82, 2.24) is 15.5 Å². The van der Waals surface area contributed by atoms with Gasteiger partial charge in [-0.15, -0.1) is 0 Å². The first kappa shape index (κ1) is 20.5. The fourth-order valence-corrected chi connectivity index (χ4v) is 3.46. The molecule has 2 N–H and O–H groups in total. The molecule has 6 heteroatoms. The lowest BCUT2D eigenvalue weighted by atomic mass is 10.0. The third-order valence-electron chi connectivity index (χ3n) is 5.12. The summed E-state index contributed by atoms with van der Waals surface area (Å²) in [6.45, 7) is 14.2. The fourth-order valence-electron chi connectivity index (χ4n) is 3.46. The van der Waals surface area contributed by atoms with Crippen molar-refractivity contribution in [3.63, 3.8) is 0 Å². The van der Waals surface area contributed by atoms with Gasteiger partial charge in [-0.2, -0.15) is 0 Å². The second-order valence-electron chi connectivity index (χ2n) is 7.18. The molecule has 1 unspecified atom stereocenters. The summed E-state index contributed by atoms with van der Waals surface area (Å²) in [6, 6.07) is 0. The Morgan fingerprint density at radius 3 is 2.72 bits per heavy atom. The van der Waals surface area contributed by atoms with Gasteiger partial charge in [0.15, 0.2) is 5.96 Å². The number of ether oxygens (including phenoxy) is 2. The van der Waals surface area contributed by atoms with Gasteiger partial charge in [0, 0.05) is 52.6 Å². The molecule has 0 saturated carbocycles. The van der Waals surface area contributed by atoms with Crippen molar-refractivity contribution in [3.05, 3.63) is 0 Å². The van der Waals surface area contributed by atoms with Gasteiger partial charge in [0.1, 0.15) is 0 Å². The normalized spacial score (nSPS) is 23.1. The number of likely N-dealkylation sites (tertiary alicyclic amines) is 1. The Labute approximate surface area is 153 Å². The van der Waals surface area contributed by atoms with Crippen LogP contribution in [0.2, 0.25) is 0 Å². The van der Waals surface area contributed by atoms with E-state index in [0.29, 0.717) is 11.8 Å². The number of rotatable bonds is 10. The lowest BCUT2D eigenvalue weighted by Gasteiger charge is -2.21. The third-order valence-corrected chi connectivity index (χ3v) is 5.12. The van der Waals surface area contributed by atoms with Crippen LogP contribution in [0, 0.1) is 11.8 Å². The van der Waals surface area contributed by atoms with E-state index in [1.54, 1.807) is 0 Å². The first-order valence-corrected chi connectivity index (χ1v) is 10.2. The zero-order chi connectivity index (χ0) is 17.7. The Hall–Kier alpha value is -0.850. The first-order valence-electron chi connectivity index (χ1n) is 10.2. The maximum Gasteiger partial charge on any atom is 0.191 e. The van der Waals surface area contributed by atoms with Crippen molar-refractivity contribution >= 4 is 5.96 Å². The van der Waals surface area contributed by atoms with Crippen LogP contribution in [0.3, 0.4) is 0 Å². The summed E-state index contributed by atoms with van der Waals surface area (Å²) < 4.78 is 11.2. The van der Waals surface area contributed by atoms with Gasteiger partial charge >= 0.3 is 0 Å². The Morgan fingerprint density at radius 2 is 2.00 bits per heavy atom. The SMILES string of the molecule is CCNC(=NCC1CCN(CC)C1)NCCCOCC1CCOCC1. The average Bonchev–Trinajstić information content (AvgIpc) is 3.11. The maximum atomic E-state index is 5.82. The minimum absolute atomic E-state index is 0.690. The molecule has 0 aromatic heterocycles. The van der Waals surface area contributed by atoms with Crippen molar-refractivity contribution in [3.8, 4) is 0 Å².